The van der Waals surface area contributed by atoms with Crippen molar-refractivity contribution in [3.8, 4) is 5.75 Å². The van der Waals surface area contributed by atoms with Crippen LogP contribution in [0.1, 0.15) is 5.56 Å². The van der Waals surface area contributed by atoms with Crippen LogP contribution in [0, 0.1) is 0 Å². The topological polar surface area (TPSA) is 79.4 Å². The van der Waals surface area contributed by atoms with Crippen LogP contribution in [0.4, 0.5) is 17.2 Å². The number of nitrogens with one attached hydrogen (secondary N) is 2. The van der Waals surface area contributed by atoms with Gasteiger partial charge in [0.1, 0.15) is 17.1 Å². The van der Waals surface area contributed by atoms with Gasteiger partial charge in [0, 0.05) is 12.3 Å². The normalized spacial score (nSPS) is 12.1. The van der Waals surface area contributed by atoms with E-state index >= 15 is 0 Å². The zero-order valence-corrected chi connectivity index (χ0v) is 11.7. The molecule has 0 atom stereocenters. The summed E-state index contributed by atoms with van der Waals surface area (Å²) in [6.07, 6.45) is 3.37. The van der Waals surface area contributed by atoms with Gasteiger partial charge in [0.05, 0.1) is 18.5 Å². The Morgan fingerprint density at radius 3 is 2.95 bits per heavy atom. The molecule has 0 bridgehead atoms. The maximum Gasteiger partial charge on any atom is 0.262 e. The van der Waals surface area contributed by atoms with Crippen LogP contribution in [0.5, 0.6) is 5.75 Å². The number of anilines is 2. The van der Waals surface area contributed by atoms with Crippen LogP contribution in [0.2, 0.25) is 0 Å². The highest BCUT2D eigenvalue weighted by Crippen LogP contribution is 2.33. The third-order valence-corrected chi connectivity index (χ3v) is 3.50. The molecule has 2 N–H and O–H groups in total. The van der Waals surface area contributed by atoms with Gasteiger partial charge >= 0.3 is 0 Å². The second-order valence-corrected chi connectivity index (χ2v) is 4.90. The maximum absolute atomic E-state index is 12.0. The van der Waals surface area contributed by atoms with Crippen LogP contribution in [0.15, 0.2) is 33.1 Å². The van der Waals surface area contributed by atoms with E-state index in [1.165, 1.54) is 18.0 Å². The van der Waals surface area contributed by atoms with Crippen LogP contribution in [-0.2, 0) is 0 Å². The number of fused-ring (bicyclic) bond motifs is 2. The molecule has 2 aromatic rings. The number of ether oxygens (including phenoxy) is 1. The number of aliphatic imine (C=N–C) groups is 1. The van der Waals surface area contributed by atoms with E-state index in [-0.39, 0.29) is 5.56 Å². The Balaban J connectivity index is 2.15. The molecule has 3 rings (SSSR count). The molecule has 1 aromatic carbocycles. The number of thioether (sulfide) groups is 1. The van der Waals surface area contributed by atoms with Crippen molar-refractivity contribution in [2.75, 3.05) is 18.7 Å². The lowest BCUT2D eigenvalue weighted by atomic mass is 10.2. The van der Waals surface area contributed by atoms with Gasteiger partial charge in [-0.15, -0.1) is 0 Å². The summed E-state index contributed by atoms with van der Waals surface area (Å²) in [4.78, 5) is 23.4. The lowest BCUT2D eigenvalue weighted by molar-refractivity contribution is 0.415. The molecule has 6 nitrogen and oxygen atoms in total. The number of methoxy groups -OCH3 is 1. The first-order valence-electron chi connectivity index (χ1n) is 5.88. The standard InChI is InChI=1S/C13H12N4O2S/c1-19-7-3-4-9-10(5-7)14-6-8-11(15-9)16-13(20-2)17-12(8)18/h3-6H,1-2H3,(H2,15,16,17,18). The summed E-state index contributed by atoms with van der Waals surface area (Å²) in [5.74, 6) is 1.21. The van der Waals surface area contributed by atoms with E-state index in [4.69, 9.17) is 4.74 Å². The lowest BCUT2D eigenvalue weighted by Gasteiger charge is -2.09. The number of rotatable bonds is 2. The highest BCUT2D eigenvalue weighted by molar-refractivity contribution is 7.98. The third-order valence-electron chi connectivity index (χ3n) is 2.92. The Kier molecular flexibility index (Phi) is 3.19. The Morgan fingerprint density at radius 2 is 2.20 bits per heavy atom. The number of nitrogens with zero attached hydrogens (tertiary/aromatic N) is 2. The van der Waals surface area contributed by atoms with E-state index in [1.807, 2.05) is 18.4 Å². The molecule has 20 heavy (non-hydrogen) atoms. The number of aromatic amines is 1. The molecule has 0 radical (unpaired) electrons. The average Bonchev–Trinajstić information content (AvgIpc) is 2.65. The van der Waals surface area contributed by atoms with Crippen LogP contribution in [0.3, 0.4) is 0 Å². The van der Waals surface area contributed by atoms with Crippen molar-refractivity contribution in [1.29, 1.82) is 0 Å². The molecule has 1 aliphatic rings. The first-order chi connectivity index (χ1) is 9.71. The quantitative estimate of drug-likeness (QED) is 0.559. The maximum atomic E-state index is 12.0. The van der Waals surface area contributed by atoms with Gasteiger partial charge in [0.15, 0.2) is 5.16 Å². The molecule has 0 unspecified atom stereocenters. The minimum atomic E-state index is -0.213. The van der Waals surface area contributed by atoms with Gasteiger partial charge in [-0.2, -0.15) is 0 Å². The SMILES string of the molecule is COc1ccc2c(c1)N=Cc1c(nc(SC)[nH]c1=O)N2. The minimum absolute atomic E-state index is 0.213. The van der Waals surface area contributed by atoms with E-state index in [0.29, 0.717) is 28.0 Å². The second-order valence-electron chi connectivity index (χ2n) is 4.10. The summed E-state index contributed by atoms with van der Waals surface area (Å²) >= 11 is 1.38. The van der Waals surface area contributed by atoms with Crippen molar-refractivity contribution in [1.82, 2.24) is 9.97 Å². The Hall–Kier alpha value is -2.28. The Labute approximate surface area is 119 Å². The van der Waals surface area contributed by atoms with E-state index in [9.17, 15) is 4.79 Å². The monoisotopic (exact) mass is 288 g/mol. The number of hydrogen-bond acceptors (Lipinski definition) is 6. The van der Waals surface area contributed by atoms with Crippen LogP contribution >= 0.6 is 11.8 Å². The summed E-state index contributed by atoms with van der Waals surface area (Å²) in [7, 11) is 1.60. The minimum Gasteiger partial charge on any atom is -0.497 e. The smallest absolute Gasteiger partial charge is 0.262 e. The van der Waals surface area contributed by atoms with Gasteiger partial charge in [-0.1, -0.05) is 11.8 Å². The largest absolute Gasteiger partial charge is 0.497 e. The van der Waals surface area contributed by atoms with Gasteiger partial charge in [0.2, 0.25) is 0 Å². The predicted molar refractivity (Wildman–Crippen MR) is 80.2 cm³/mol. The van der Waals surface area contributed by atoms with Gasteiger partial charge in [-0.25, -0.2) is 4.98 Å². The highest BCUT2D eigenvalue weighted by Gasteiger charge is 2.15. The van der Waals surface area contributed by atoms with E-state index in [2.05, 4.69) is 20.3 Å². The molecule has 7 heteroatoms. The summed E-state index contributed by atoms with van der Waals surface area (Å²) in [6.45, 7) is 0. The molecule has 0 aliphatic carbocycles. The molecular weight excluding hydrogens is 276 g/mol. The third kappa shape index (κ3) is 2.16. The zero-order chi connectivity index (χ0) is 14.1. The fraction of sp³-hybridized carbons (Fsp3) is 0.154. The predicted octanol–water partition coefficient (Wildman–Crippen LogP) is 2.31. The Morgan fingerprint density at radius 1 is 1.35 bits per heavy atom. The lowest BCUT2D eigenvalue weighted by Crippen LogP contribution is -2.16. The number of H-pyrrole nitrogens is 1. The number of aromatic nitrogens is 2. The second kappa shape index (κ2) is 5.01. The summed E-state index contributed by atoms with van der Waals surface area (Å²) in [5.41, 5.74) is 1.69. The Bertz CT molecular complexity index is 755. The molecule has 1 aromatic heterocycles. The summed E-state index contributed by atoms with van der Waals surface area (Å²) in [5, 5.41) is 3.71. The van der Waals surface area contributed by atoms with Crippen molar-refractivity contribution < 1.29 is 4.74 Å². The fourth-order valence-corrected chi connectivity index (χ4v) is 2.26. The number of benzene rings is 1. The fourth-order valence-electron chi connectivity index (χ4n) is 1.89. The van der Waals surface area contributed by atoms with Crippen molar-refractivity contribution in [2.45, 2.75) is 5.16 Å². The summed E-state index contributed by atoms with van der Waals surface area (Å²) < 4.78 is 5.17. The number of hydrogen-bond donors (Lipinski definition) is 2. The van der Waals surface area contributed by atoms with Crippen LogP contribution in [0.25, 0.3) is 0 Å². The summed E-state index contributed by atoms with van der Waals surface area (Å²) in [6, 6.07) is 5.48. The molecule has 2 heterocycles. The van der Waals surface area contributed by atoms with E-state index in [0.717, 1.165) is 5.69 Å². The van der Waals surface area contributed by atoms with Crippen molar-refractivity contribution >= 4 is 35.2 Å². The van der Waals surface area contributed by atoms with Crippen molar-refractivity contribution in [3.63, 3.8) is 0 Å². The molecule has 0 amide bonds. The van der Waals surface area contributed by atoms with Crippen molar-refractivity contribution in [3.05, 3.63) is 34.1 Å². The van der Waals surface area contributed by atoms with Gasteiger partial charge in [-0.05, 0) is 18.4 Å². The molecule has 0 spiro atoms. The molecule has 102 valence electrons. The molecular formula is C13H12N4O2S. The van der Waals surface area contributed by atoms with E-state index < -0.39 is 0 Å². The molecule has 0 saturated carbocycles. The van der Waals surface area contributed by atoms with Crippen molar-refractivity contribution in [2.24, 2.45) is 4.99 Å². The molecule has 1 aliphatic heterocycles. The van der Waals surface area contributed by atoms with E-state index in [1.54, 1.807) is 13.2 Å². The van der Waals surface area contributed by atoms with Gasteiger partial charge in [-0.3, -0.25) is 9.79 Å². The molecule has 0 saturated heterocycles. The zero-order valence-electron chi connectivity index (χ0n) is 10.9. The van der Waals surface area contributed by atoms with Crippen LogP contribution in [-0.4, -0.2) is 29.5 Å². The average molecular weight is 288 g/mol. The molecule has 0 fully saturated rings. The van der Waals surface area contributed by atoms with Crippen LogP contribution < -0.4 is 15.6 Å². The first-order valence-corrected chi connectivity index (χ1v) is 7.11. The first kappa shape index (κ1) is 12.7. The van der Waals surface area contributed by atoms with Gasteiger partial charge < -0.3 is 15.0 Å². The highest BCUT2D eigenvalue weighted by atomic mass is 32.2. The van der Waals surface area contributed by atoms with Gasteiger partial charge in [0.25, 0.3) is 5.56 Å².